The summed E-state index contributed by atoms with van der Waals surface area (Å²) in [4.78, 5) is 41.5. The molecule has 3 saturated heterocycles. The average Bonchev–Trinajstić information content (AvgIpc) is 3.69. The van der Waals surface area contributed by atoms with Crippen LogP contribution in [0.3, 0.4) is 0 Å². The first kappa shape index (κ1) is 27.3. The van der Waals surface area contributed by atoms with Crippen LogP contribution in [0, 0.1) is 37.4 Å². The molecule has 2 amide bonds. The van der Waals surface area contributed by atoms with E-state index in [9.17, 15) is 14.0 Å². The van der Waals surface area contributed by atoms with Gasteiger partial charge >= 0.3 is 0 Å². The lowest BCUT2D eigenvalue weighted by Gasteiger charge is -2.44. The minimum atomic E-state index is -0.184. The predicted octanol–water partition coefficient (Wildman–Crippen LogP) is 4.38. The Morgan fingerprint density at radius 2 is 1.60 bits per heavy atom. The van der Waals surface area contributed by atoms with Crippen LogP contribution in [-0.4, -0.2) is 82.3 Å². The van der Waals surface area contributed by atoms with Crippen molar-refractivity contribution >= 4 is 11.8 Å². The Hall–Kier alpha value is -2.87. The molecule has 4 heterocycles. The summed E-state index contributed by atoms with van der Waals surface area (Å²) in [6.45, 7) is 9.77. The lowest BCUT2D eigenvalue weighted by atomic mass is 9.70. The van der Waals surface area contributed by atoms with Crippen molar-refractivity contribution in [1.82, 2.24) is 24.7 Å². The maximum absolute atomic E-state index is 14.4. The molecule has 4 fully saturated rings. The molecular weight excluding hydrogens is 505 g/mol. The number of halogens is 1. The molecule has 0 bridgehead atoms. The molecule has 6 rings (SSSR count). The summed E-state index contributed by atoms with van der Waals surface area (Å²) in [6.07, 6.45) is 8.65. The number of benzene rings is 1. The van der Waals surface area contributed by atoms with Crippen LogP contribution in [0.4, 0.5) is 4.39 Å². The van der Waals surface area contributed by atoms with E-state index < -0.39 is 0 Å². The Labute approximate surface area is 237 Å². The van der Waals surface area contributed by atoms with Crippen molar-refractivity contribution < 1.29 is 14.0 Å². The van der Waals surface area contributed by atoms with Crippen molar-refractivity contribution in [3.05, 3.63) is 58.9 Å². The van der Waals surface area contributed by atoms with Gasteiger partial charge in [0.1, 0.15) is 12.1 Å². The van der Waals surface area contributed by atoms with Gasteiger partial charge in [0.15, 0.2) is 0 Å². The number of aryl methyl sites for hydroxylation is 2. The molecule has 0 radical (unpaired) electrons. The van der Waals surface area contributed by atoms with E-state index >= 15 is 0 Å². The van der Waals surface area contributed by atoms with Gasteiger partial charge in [0.05, 0.1) is 17.0 Å². The minimum absolute atomic E-state index is 0.0560. The lowest BCUT2D eigenvalue weighted by Crippen LogP contribution is -2.48. The molecule has 0 spiro atoms. The topological polar surface area (TPSA) is 69.6 Å². The van der Waals surface area contributed by atoms with E-state index in [-0.39, 0.29) is 23.1 Å². The van der Waals surface area contributed by atoms with Gasteiger partial charge in [0.2, 0.25) is 5.91 Å². The summed E-state index contributed by atoms with van der Waals surface area (Å²) >= 11 is 0. The fourth-order valence-corrected chi connectivity index (χ4v) is 7.96. The number of carbonyl (C=O) groups is 2. The Morgan fingerprint density at radius 1 is 0.950 bits per heavy atom. The van der Waals surface area contributed by atoms with Crippen molar-refractivity contribution in [3.63, 3.8) is 0 Å². The molecule has 4 aliphatic rings. The van der Waals surface area contributed by atoms with E-state index in [1.54, 1.807) is 6.07 Å². The van der Waals surface area contributed by atoms with Crippen LogP contribution in [0.5, 0.6) is 0 Å². The third-order valence-corrected chi connectivity index (χ3v) is 10.4. The molecule has 2 aromatic rings. The van der Waals surface area contributed by atoms with Gasteiger partial charge in [-0.2, -0.15) is 0 Å². The lowest BCUT2D eigenvalue weighted by molar-refractivity contribution is -0.137. The van der Waals surface area contributed by atoms with Gasteiger partial charge in [-0.1, -0.05) is 25.0 Å². The fraction of sp³-hybridized carbons (Fsp3) is 0.625. The molecule has 0 N–H and O–H groups in total. The summed E-state index contributed by atoms with van der Waals surface area (Å²) in [6, 6.07) is 7.15. The molecule has 1 saturated carbocycles. The second-order valence-electron chi connectivity index (χ2n) is 12.8. The molecule has 2 unspecified atom stereocenters. The van der Waals surface area contributed by atoms with Crippen LogP contribution >= 0.6 is 0 Å². The number of nitrogens with zero attached hydrogens (tertiary/aromatic N) is 5. The number of likely N-dealkylation sites (tertiary alicyclic amines) is 3. The van der Waals surface area contributed by atoms with Gasteiger partial charge in [-0.3, -0.25) is 9.59 Å². The van der Waals surface area contributed by atoms with Crippen LogP contribution in [0.25, 0.3) is 0 Å². The molecule has 1 aromatic heterocycles. The van der Waals surface area contributed by atoms with Gasteiger partial charge in [-0.05, 0) is 87.4 Å². The molecule has 2 atom stereocenters. The summed E-state index contributed by atoms with van der Waals surface area (Å²) < 4.78 is 14.4. The summed E-state index contributed by atoms with van der Waals surface area (Å²) in [5.41, 5.74) is 3.10. The Kier molecular flexibility index (Phi) is 7.64. The maximum atomic E-state index is 14.4. The number of fused-ring (bicyclic) bond motifs is 1. The number of amides is 2. The first-order chi connectivity index (χ1) is 19.3. The van der Waals surface area contributed by atoms with Crippen LogP contribution in [0.1, 0.15) is 72.3 Å². The number of hydrogen-bond donors (Lipinski definition) is 0. The monoisotopic (exact) mass is 547 g/mol. The molecule has 40 heavy (non-hydrogen) atoms. The summed E-state index contributed by atoms with van der Waals surface area (Å²) in [5, 5.41) is 0. The van der Waals surface area contributed by atoms with Gasteiger partial charge in [0, 0.05) is 45.2 Å². The molecule has 7 nitrogen and oxygen atoms in total. The van der Waals surface area contributed by atoms with E-state index in [2.05, 4.69) is 25.8 Å². The smallest absolute Gasteiger partial charge is 0.257 e. The second kappa shape index (κ2) is 11.2. The number of piperidine rings is 1. The number of rotatable bonds is 6. The number of carbonyl (C=O) groups excluding carboxylic acids is 2. The molecule has 1 aromatic carbocycles. The number of aromatic nitrogens is 2. The second-order valence-corrected chi connectivity index (χ2v) is 12.8. The third kappa shape index (κ3) is 5.27. The van der Waals surface area contributed by atoms with Crippen LogP contribution < -0.4 is 0 Å². The SMILES string of the molecule is Cc1ncnc(C)c1C(=O)N1CC2CN(CCC3(c4cccc(F)c4)CCN(C(=O)C4CCCC4)CC3)CC2C1. The zero-order chi connectivity index (χ0) is 27.9. The Balaban J connectivity index is 1.08. The van der Waals surface area contributed by atoms with Crippen molar-refractivity contribution in [2.24, 2.45) is 17.8 Å². The summed E-state index contributed by atoms with van der Waals surface area (Å²) in [5.74, 6) is 1.37. The highest BCUT2D eigenvalue weighted by Crippen LogP contribution is 2.41. The number of hydrogen-bond acceptors (Lipinski definition) is 5. The van der Waals surface area contributed by atoms with Crippen molar-refractivity contribution in [2.45, 2.75) is 64.2 Å². The van der Waals surface area contributed by atoms with E-state index in [0.717, 1.165) is 94.9 Å². The third-order valence-electron chi connectivity index (χ3n) is 10.4. The van der Waals surface area contributed by atoms with Gasteiger partial charge in [-0.15, -0.1) is 0 Å². The Morgan fingerprint density at radius 3 is 2.23 bits per heavy atom. The van der Waals surface area contributed by atoms with Gasteiger partial charge < -0.3 is 14.7 Å². The zero-order valence-electron chi connectivity index (χ0n) is 23.9. The molecule has 8 heteroatoms. The standard InChI is InChI=1S/C32H42FN5O2/c1-22-29(23(2)35-21-34-22)31(40)38-19-25-17-36(18-26(25)20-38)13-10-32(27-8-5-9-28(33)16-27)11-14-37(15-12-32)30(39)24-6-3-4-7-24/h5,8-9,16,21,24-26H,3-4,6-7,10-15,17-20H2,1-2H3. The highest BCUT2D eigenvalue weighted by Gasteiger charge is 2.44. The highest BCUT2D eigenvalue weighted by molar-refractivity contribution is 5.96. The van der Waals surface area contributed by atoms with Crippen molar-refractivity contribution in [2.75, 3.05) is 45.8 Å². The van der Waals surface area contributed by atoms with Gasteiger partial charge in [0.25, 0.3) is 5.91 Å². The average molecular weight is 548 g/mol. The minimum Gasteiger partial charge on any atom is -0.342 e. The van der Waals surface area contributed by atoms with Crippen molar-refractivity contribution in [1.29, 1.82) is 0 Å². The van der Waals surface area contributed by atoms with Crippen LogP contribution in [0.2, 0.25) is 0 Å². The molecular formula is C32H42FN5O2. The zero-order valence-corrected chi connectivity index (χ0v) is 23.9. The highest BCUT2D eigenvalue weighted by atomic mass is 19.1. The molecule has 214 valence electrons. The normalized spacial score (nSPS) is 25.0. The van der Waals surface area contributed by atoms with E-state index in [4.69, 9.17) is 0 Å². The maximum Gasteiger partial charge on any atom is 0.257 e. The molecule has 3 aliphatic heterocycles. The largest absolute Gasteiger partial charge is 0.342 e. The van der Waals surface area contributed by atoms with E-state index in [0.29, 0.717) is 23.3 Å². The van der Waals surface area contributed by atoms with Crippen molar-refractivity contribution in [3.8, 4) is 0 Å². The first-order valence-electron chi connectivity index (χ1n) is 15.2. The van der Waals surface area contributed by atoms with Gasteiger partial charge in [-0.25, -0.2) is 14.4 Å². The van der Waals surface area contributed by atoms with E-state index in [1.165, 1.54) is 25.2 Å². The van der Waals surface area contributed by atoms with Crippen LogP contribution in [0.15, 0.2) is 30.6 Å². The summed E-state index contributed by atoms with van der Waals surface area (Å²) in [7, 11) is 0. The molecule has 1 aliphatic carbocycles. The first-order valence-corrected chi connectivity index (χ1v) is 15.2. The van der Waals surface area contributed by atoms with E-state index in [1.807, 2.05) is 24.8 Å². The van der Waals surface area contributed by atoms with Crippen LogP contribution in [-0.2, 0) is 10.2 Å². The predicted molar refractivity (Wildman–Crippen MR) is 151 cm³/mol. The Bertz CT molecular complexity index is 1220. The quantitative estimate of drug-likeness (QED) is 0.537. The fourth-order valence-electron chi connectivity index (χ4n) is 7.96.